The van der Waals surface area contributed by atoms with Crippen LogP contribution in [0.15, 0.2) is 15.7 Å². The maximum Gasteiger partial charge on any atom is 0.317 e. The number of nitrogens with one attached hydrogen (secondary N) is 2. The van der Waals surface area contributed by atoms with Gasteiger partial charge in [0, 0.05) is 0 Å². The predicted octanol–water partition coefficient (Wildman–Crippen LogP) is 0.275. The molecular weight excluding hydrogens is 290 g/mol. The van der Waals surface area contributed by atoms with Gasteiger partial charge in [0.15, 0.2) is 0 Å². The molecule has 0 spiro atoms. The van der Waals surface area contributed by atoms with Crippen molar-refractivity contribution in [1.29, 1.82) is 0 Å². The van der Waals surface area contributed by atoms with Crippen molar-refractivity contribution in [2.24, 2.45) is 0 Å². The normalized spacial score (nSPS) is 16.6. The fourth-order valence-electron chi connectivity index (χ4n) is 2.76. The number of aryl methyl sites for hydroxylation is 1. The molecule has 22 heavy (non-hydrogen) atoms. The molecule has 3 N–H and O–H groups in total. The summed E-state index contributed by atoms with van der Waals surface area (Å²) < 4.78 is 0.989. The zero-order valence-corrected chi connectivity index (χ0v) is 11.9. The van der Waals surface area contributed by atoms with Crippen LogP contribution in [0.4, 0.5) is 5.69 Å². The minimum Gasteiger partial charge on any atom is -0.481 e. The predicted molar refractivity (Wildman–Crippen MR) is 78.2 cm³/mol. The van der Waals surface area contributed by atoms with Gasteiger partial charge in [0.2, 0.25) is 5.91 Å². The number of carbonyl (C=O) groups is 2. The van der Waals surface area contributed by atoms with Crippen molar-refractivity contribution in [2.75, 3.05) is 5.32 Å². The van der Waals surface area contributed by atoms with Crippen LogP contribution in [0.1, 0.15) is 23.6 Å². The molecule has 2 heterocycles. The standard InChI is InChI=1S/C14H13N3O5/c1-5-3-7-11-10(6(5)2)16-12(20)8(4-9(18)19)17(11)14(22)13(21)15-7/h3,8H,4H2,1-2H3,(H,15,21)(H,16,20)(H,18,19). The zero-order valence-electron chi connectivity index (χ0n) is 11.9. The number of rotatable bonds is 2. The van der Waals surface area contributed by atoms with Crippen LogP contribution >= 0.6 is 0 Å². The Kier molecular flexibility index (Phi) is 2.91. The molecule has 0 saturated heterocycles. The number of aromatic nitrogens is 2. The van der Waals surface area contributed by atoms with Gasteiger partial charge in [-0.2, -0.15) is 0 Å². The summed E-state index contributed by atoms with van der Waals surface area (Å²) in [5.41, 5.74) is 0.937. The molecule has 1 atom stereocenters. The molecular formula is C14H13N3O5. The number of carboxylic acids is 1. The van der Waals surface area contributed by atoms with Gasteiger partial charge in [0.05, 0.1) is 23.1 Å². The number of nitrogens with zero attached hydrogens (tertiary/aromatic N) is 1. The number of aliphatic carboxylic acids is 1. The summed E-state index contributed by atoms with van der Waals surface area (Å²) in [5, 5.41) is 11.6. The number of carbonyl (C=O) groups excluding carboxylic acids is 1. The molecule has 0 aliphatic carbocycles. The number of hydrogen-bond acceptors (Lipinski definition) is 4. The second-order valence-electron chi connectivity index (χ2n) is 5.32. The second-order valence-corrected chi connectivity index (χ2v) is 5.32. The Morgan fingerprint density at radius 2 is 2.00 bits per heavy atom. The lowest BCUT2D eigenvalue weighted by molar-refractivity contribution is -0.139. The van der Waals surface area contributed by atoms with E-state index in [1.807, 2.05) is 6.92 Å². The SMILES string of the molecule is Cc1cc2[nH]c(=O)c(=O)n3c2c(c1C)NC(=O)C3CC(=O)O. The molecule has 0 radical (unpaired) electrons. The van der Waals surface area contributed by atoms with Crippen LogP contribution in [-0.2, 0) is 9.59 Å². The molecule has 0 bridgehead atoms. The van der Waals surface area contributed by atoms with E-state index >= 15 is 0 Å². The summed E-state index contributed by atoms with van der Waals surface area (Å²) in [7, 11) is 0. The Bertz CT molecular complexity index is 954. The first kappa shape index (κ1) is 14.1. The number of amides is 1. The first-order chi connectivity index (χ1) is 10.3. The summed E-state index contributed by atoms with van der Waals surface area (Å²) in [4.78, 5) is 49.7. The Morgan fingerprint density at radius 1 is 1.32 bits per heavy atom. The quantitative estimate of drug-likeness (QED) is 0.688. The minimum atomic E-state index is -1.25. The van der Waals surface area contributed by atoms with E-state index in [-0.39, 0.29) is 0 Å². The van der Waals surface area contributed by atoms with E-state index < -0.39 is 35.5 Å². The lowest BCUT2D eigenvalue weighted by Crippen LogP contribution is -2.45. The van der Waals surface area contributed by atoms with E-state index in [4.69, 9.17) is 5.11 Å². The van der Waals surface area contributed by atoms with Gasteiger partial charge < -0.3 is 15.4 Å². The molecule has 1 aromatic heterocycles. The fraction of sp³-hybridized carbons (Fsp3) is 0.286. The van der Waals surface area contributed by atoms with E-state index in [1.165, 1.54) is 0 Å². The highest BCUT2D eigenvalue weighted by Gasteiger charge is 2.33. The van der Waals surface area contributed by atoms with Crippen LogP contribution in [0, 0.1) is 13.8 Å². The molecule has 1 aromatic carbocycles. The van der Waals surface area contributed by atoms with Crippen molar-refractivity contribution >= 4 is 28.6 Å². The van der Waals surface area contributed by atoms with Crippen LogP contribution in [-0.4, -0.2) is 26.5 Å². The monoisotopic (exact) mass is 303 g/mol. The number of anilines is 1. The van der Waals surface area contributed by atoms with E-state index in [1.54, 1.807) is 13.0 Å². The molecule has 1 amide bonds. The van der Waals surface area contributed by atoms with Gasteiger partial charge in [-0.05, 0) is 31.0 Å². The van der Waals surface area contributed by atoms with Crippen LogP contribution in [0.2, 0.25) is 0 Å². The van der Waals surface area contributed by atoms with E-state index in [0.29, 0.717) is 16.7 Å². The van der Waals surface area contributed by atoms with Crippen molar-refractivity contribution < 1.29 is 14.7 Å². The smallest absolute Gasteiger partial charge is 0.317 e. The van der Waals surface area contributed by atoms with Gasteiger partial charge in [-0.15, -0.1) is 0 Å². The Morgan fingerprint density at radius 3 is 2.64 bits per heavy atom. The van der Waals surface area contributed by atoms with E-state index in [0.717, 1.165) is 15.7 Å². The number of H-pyrrole nitrogens is 1. The molecule has 0 saturated carbocycles. The molecule has 114 valence electrons. The molecule has 0 fully saturated rings. The lowest BCUT2D eigenvalue weighted by Gasteiger charge is -2.27. The second kappa shape index (κ2) is 4.55. The largest absolute Gasteiger partial charge is 0.481 e. The summed E-state index contributed by atoms with van der Waals surface area (Å²) in [6.45, 7) is 3.59. The average molecular weight is 303 g/mol. The van der Waals surface area contributed by atoms with Crippen molar-refractivity contribution in [3.05, 3.63) is 37.9 Å². The number of hydrogen-bond donors (Lipinski definition) is 3. The van der Waals surface area contributed by atoms with E-state index in [2.05, 4.69) is 10.3 Å². The van der Waals surface area contributed by atoms with Crippen molar-refractivity contribution in [2.45, 2.75) is 26.3 Å². The Balaban J connectivity index is 2.50. The maximum atomic E-state index is 12.2. The topological polar surface area (TPSA) is 121 Å². The first-order valence-electron chi connectivity index (χ1n) is 6.62. The molecule has 3 rings (SSSR count). The summed E-state index contributed by atoms with van der Waals surface area (Å²) >= 11 is 0. The van der Waals surface area contributed by atoms with Gasteiger partial charge >= 0.3 is 17.1 Å². The third-order valence-electron chi connectivity index (χ3n) is 3.95. The summed E-state index contributed by atoms with van der Waals surface area (Å²) in [6, 6.07) is 0.449. The molecule has 8 nitrogen and oxygen atoms in total. The van der Waals surface area contributed by atoms with Crippen molar-refractivity contribution in [3.63, 3.8) is 0 Å². The van der Waals surface area contributed by atoms with E-state index in [9.17, 15) is 19.2 Å². The van der Waals surface area contributed by atoms with Crippen LogP contribution in [0.25, 0.3) is 11.0 Å². The summed E-state index contributed by atoms with van der Waals surface area (Å²) in [5.74, 6) is -1.84. The maximum absolute atomic E-state index is 12.2. The average Bonchev–Trinajstić information content (AvgIpc) is 2.43. The van der Waals surface area contributed by atoms with Gasteiger partial charge in [-0.1, -0.05) is 0 Å². The Hall–Kier alpha value is -2.90. The van der Waals surface area contributed by atoms with Crippen molar-refractivity contribution in [1.82, 2.24) is 9.55 Å². The van der Waals surface area contributed by atoms with Gasteiger partial charge in [0.1, 0.15) is 6.04 Å². The molecule has 1 aliphatic rings. The van der Waals surface area contributed by atoms with Gasteiger partial charge in [0.25, 0.3) is 0 Å². The first-order valence-corrected chi connectivity index (χ1v) is 6.62. The number of carboxylic acid groups (broad SMARTS) is 1. The Labute approximate surface area is 123 Å². The molecule has 8 heteroatoms. The molecule has 1 aliphatic heterocycles. The number of aromatic amines is 1. The van der Waals surface area contributed by atoms with Crippen LogP contribution < -0.4 is 16.4 Å². The third kappa shape index (κ3) is 1.84. The summed E-state index contributed by atoms with van der Waals surface area (Å²) in [6.07, 6.45) is -0.573. The molecule has 1 unspecified atom stereocenters. The highest BCUT2D eigenvalue weighted by Crippen LogP contribution is 2.33. The molecule has 2 aromatic rings. The highest BCUT2D eigenvalue weighted by molar-refractivity contribution is 6.07. The van der Waals surface area contributed by atoms with Gasteiger partial charge in [-0.25, -0.2) is 0 Å². The minimum absolute atomic E-state index is 0.346. The lowest BCUT2D eigenvalue weighted by atomic mass is 10.0. The van der Waals surface area contributed by atoms with Crippen molar-refractivity contribution in [3.8, 4) is 0 Å². The zero-order chi connectivity index (χ0) is 16.2. The fourth-order valence-corrected chi connectivity index (χ4v) is 2.76. The van der Waals surface area contributed by atoms with Crippen LogP contribution in [0.5, 0.6) is 0 Å². The third-order valence-corrected chi connectivity index (χ3v) is 3.95. The van der Waals surface area contributed by atoms with Crippen LogP contribution in [0.3, 0.4) is 0 Å². The number of benzene rings is 1. The highest BCUT2D eigenvalue weighted by atomic mass is 16.4. The van der Waals surface area contributed by atoms with Gasteiger partial charge in [-0.3, -0.25) is 23.7 Å².